The Morgan fingerprint density at radius 1 is 0.909 bits per heavy atom. The lowest BCUT2D eigenvalue weighted by atomic mass is 10.1. The summed E-state index contributed by atoms with van der Waals surface area (Å²) >= 11 is 0. The molecule has 33 heavy (non-hydrogen) atoms. The van der Waals surface area contributed by atoms with Gasteiger partial charge in [0.15, 0.2) is 0 Å². The van der Waals surface area contributed by atoms with Gasteiger partial charge in [-0.15, -0.1) is 0 Å². The minimum Gasteiger partial charge on any atom is -0.379 e. The monoisotopic (exact) mass is 464 g/mol. The summed E-state index contributed by atoms with van der Waals surface area (Å²) in [4.78, 5) is 10.5. The molecule has 9 nitrogen and oxygen atoms in total. The minimum absolute atomic E-state index is 0.168. The van der Waals surface area contributed by atoms with Gasteiger partial charge in [-0.25, -0.2) is 8.42 Å². The van der Waals surface area contributed by atoms with Crippen LogP contribution in [0.3, 0.4) is 0 Å². The number of non-ortho nitro benzene ring substituents is 1. The van der Waals surface area contributed by atoms with Gasteiger partial charge in [-0.2, -0.15) is 9.41 Å². The van der Waals surface area contributed by atoms with Crippen molar-refractivity contribution < 1.29 is 18.1 Å². The maximum Gasteiger partial charge on any atom is 0.270 e. The molecule has 3 aromatic carbocycles. The molecule has 10 heteroatoms. The zero-order valence-corrected chi connectivity index (χ0v) is 18.3. The van der Waals surface area contributed by atoms with E-state index in [1.54, 1.807) is 0 Å². The average Bonchev–Trinajstić information content (AvgIpc) is 3.17. The van der Waals surface area contributed by atoms with Crippen molar-refractivity contribution in [3.63, 3.8) is 0 Å². The molecule has 5 rings (SSSR count). The molecule has 3 aromatic rings. The van der Waals surface area contributed by atoms with Crippen molar-refractivity contribution in [2.45, 2.75) is 4.90 Å². The van der Waals surface area contributed by atoms with E-state index in [0.717, 1.165) is 28.3 Å². The van der Waals surface area contributed by atoms with Gasteiger partial charge in [-0.3, -0.25) is 15.5 Å². The fraction of sp³-hybridized carbons (Fsp3) is 0.174. The summed E-state index contributed by atoms with van der Waals surface area (Å²) < 4.78 is 33.2. The molecule has 1 heterocycles. The summed E-state index contributed by atoms with van der Waals surface area (Å²) in [6.07, 6.45) is 0. The molecule has 2 aliphatic rings. The fourth-order valence-corrected chi connectivity index (χ4v) is 5.66. The molecule has 0 bridgehead atoms. The van der Waals surface area contributed by atoms with Gasteiger partial charge in [0.1, 0.15) is 4.90 Å². The molecule has 0 radical (unpaired) electrons. The van der Waals surface area contributed by atoms with Crippen molar-refractivity contribution in [3.05, 3.63) is 88.0 Å². The van der Waals surface area contributed by atoms with Crippen LogP contribution in [0.15, 0.2) is 76.7 Å². The van der Waals surface area contributed by atoms with Gasteiger partial charge in [0, 0.05) is 36.3 Å². The summed E-state index contributed by atoms with van der Waals surface area (Å²) in [5, 5.41) is 15.9. The lowest BCUT2D eigenvalue weighted by molar-refractivity contribution is -0.385. The van der Waals surface area contributed by atoms with Gasteiger partial charge in [0.05, 0.1) is 29.5 Å². The molecular formula is C23H20N4O5S. The molecule has 0 saturated carbocycles. The first-order valence-corrected chi connectivity index (χ1v) is 11.8. The quantitative estimate of drug-likeness (QED) is 0.357. The molecule has 168 valence electrons. The molecule has 0 amide bonds. The lowest BCUT2D eigenvalue weighted by Crippen LogP contribution is -2.40. The highest BCUT2D eigenvalue weighted by molar-refractivity contribution is 7.89. The Kier molecular flexibility index (Phi) is 5.41. The van der Waals surface area contributed by atoms with Crippen molar-refractivity contribution in [3.8, 4) is 11.1 Å². The van der Waals surface area contributed by atoms with E-state index in [-0.39, 0.29) is 42.6 Å². The molecule has 0 unspecified atom stereocenters. The van der Waals surface area contributed by atoms with Crippen LogP contribution in [0.2, 0.25) is 0 Å². The predicted molar refractivity (Wildman–Crippen MR) is 124 cm³/mol. The normalized spacial score (nSPS) is 15.6. The number of hydrazone groups is 1. The van der Waals surface area contributed by atoms with E-state index in [9.17, 15) is 18.5 Å². The summed E-state index contributed by atoms with van der Waals surface area (Å²) in [5.41, 5.74) is 7.34. The second-order valence-corrected chi connectivity index (χ2v) is 9.52. The minimum atomic E-state index is -4.00. The molecule has 0 atom stereocenters. The second kappa shape index (κ2) is 8.39. The van der Waals surface area contributed by atoms with E-state index in [4.69, 9.17) is 4.74 Å². The average molecular weight is 465 g/mol. The van der Waals surface area contributed by atoms with Crippen LogP contribution in [0.5, 0.6) is 0 Å². The summed E-state index contributed by atoms with van der Waals surface area (Å²) in [6.45, 7) is 0.902. The van der Waals surface area contributed by atoms with Crippen LogP contribution in [0.1, 0.15) is 11.1 Å². The number of anilines is 1. The van der Waals surface area contributed by atoms with Crippen molar-refractivity contribution in [1.82, 2.24) is 4.31 Å². The fourth-order valence-electron chi connectivity index (χ4n) is 4.09. The third-order valence-electron chi connectivity index (χ3n) is 5.71. The van der Waals surface area contributed by atoms with E-state index in [1.807, 2.05) is 48.5 Å². The Morgan fingerprint density at radius 2 is 1.48 bits per heavy atom. The molecule has 1 aliphatic heterocycles. The third kappa shape index (κ3) is 3.78. The number of nitrogens with zero attached hydrogens (tertiary/aromatic N) is 3. The summed E-state index contributed by atoms with van der Waals surface area (Å²) in [7, 11) is -4.00. The standard InChI is InChI=1S/C23H20N4O5S/c28-27(29)16-9-10-21(22(15-16)33(30,31)26-11-13-32-14-12-26)24-25-23-19-7-3-1-5-17(19)18-6-2-4-8-20(18)23/h1-10,15,24H,11-14H2. The van der Waals surface area contributed by atoms with Crippen molar-refractivity contribution in [2.75, 3.05) is 31.7 Å². The molecular weight excluding hydrogens is 444 g/mol. The molecule has 0 spiro atoms. The number of rotatable bonds is 5. The van der Waals surface area contributed by atoms with Crippen LogP contribution in [0.4, 0.5) is 11.4 Å². The molecule has 1 fully saturated rings. The number of hydrogen-bond donors (Lipinski definition) is 1. The topological polar surface area (TPSA) is 114 Å². The summed E-state index contributed by atoms with van der Waals surface area (Å²) in [5.74, 6) is 0. The largest absolute Gasteiger partial charge is 0.379 e. The predicted octanol–water partition coefficient (Wildman–Crippen LogP) is 3.46. The number of benzene rings is 3. The number of ether oxygens (including phenoxy) is 1. The van der Waals surface area contributed by atoms with E-state index >= 15 is 0 Å². The number of nitro groups is 1. The highest BCUT2D eigenvalue weighted by Crippen LogP contribution is 2.37. The Morgan fingerprint density at radius 3 is 2.06 bits per heavy atom. The Balaban J connectivity index is 1.58. The lowest BCUT2D eigenvalue weighted by Gasteiger charge is -2.26. The van der Waals surface area contributed by atoms with Gasteiger partial charge >= 0.3 is 0 Å². The van der Waals surface area contributed by atoms with Crippen molar-refractivity contribution in [1.29, 1.82) is 0 Å². The third-order valence-corrected chi connectivity index (χ3v) is 7.65. The van der Waals surface area contributed by atoms with Gasteiger partial charge in [0.25, 0.3) is 5.69 Å². The SMILES string of the molecule is O=[N+]([O-])c1ccc(NN=C2c3ccccc3-c3ccccc32)c(S(=O)(=O)N2CCOCC2)c1. The van der Waals surface area contributed by atoms with Crippen LogP contribution in [-0.2, 0) is 14.8 Å². The van der Waals surface area contributed by atoms with E-state index in [1.165, 1.54) is 16.4 Å². The number of morpholine rings is 1. The smallest absolute Gasteiger partial charge is 0.270 e. The van der Waals surface area contributed by atoms with Crippen LogP contribution in [0.25, 0.3) is 11.1 Å². The van der Waals surface area contributed by atoms with Crippen LogP contribution < -0.4 is 5.43 Å². The van der Waals surface area contributed by atoms with Crippen LogP contribution in [0, 0.1) is 10.1 Å². The summed E-state index contributed by atoms with van der Waals surface area (Å²) in [6, 6.07) is 19.4. The Hall–Kier alpha value is -3.60. The van der Waals surface area contributed by atoms with E-state index in [0.29, 0.717) is 5.71 Å². The number of nitro benzene ring substituents is 1. The molecule has 1 saturated heterocycles. The highest BCUT2D eigenvalue weighted by atomic mass is 32.2. The molecule has 1 N–H and O–H groups in total. The van der Waals surface area contributed by atoms with Gasteiger partial charge in [0.2, 0.25) is 10.0 Å². The Labute approximate surface area is 190 Å². The van der Waals surface area contributed by atoms with Gasteiger partial charge in [-0.05, 0) is 17.2 Å². The maximum absolute atomic E-state index is 13.3. The van der Waals surface area contributed by atoms with Crippen LogP contribution in [-0.4, -0.2) is 49.7 Å². The van der Waals surface area contributed by atoms with Crippen molar-refractivity contribution >= 4 is 27.1 Å². The van der Waals surface area contributed by atoms with E-state index in [2.05, 4.69) is 10.5 Å². The maximum atomic E-state index is 13.3. The first kappa shape index (κ1) is 21.3. The molecule has 0 aromatic heterocycles. The number of hydrogen-bond acceptors (Lipinski definition) is 7. The zero-order valence-electron chi connectivity index (χ0n) is 17.5. The van der Waals surface area contributed by atoms with E-state index < -0.39 is 14.9 Å². The van der Waals surface area contributed by atoms with Gasteiger partial charge in [-0.1, -0.05) is 48.5 Å². The molecule has 1 aliphatic carbocycles. The number of sulfonamides is 1. The first-order chi connectivity index (χ1) is 16.0. The first-order valence-electron chi connectivity index (χ1n) is 10.4. The number of nitrogens with one attached hydrogen (secondary N) is 1. The van der Waals surface area contributed by atoms with Crippen molar-refractivity contribution in [2.24, 2.45) is 5.10 Å². The second-order valence-electron chi connectivity index (χ2n) is 7.62. The van der Waals surface area contributed by atoms with Gasteiger partial charge < -0.3 is 4.74 Å². The Bertz CT molecular complexity index is 1330. The van der Waals surface area contributed by atoms with Crippen LogP contribution >= 0.6 is 0 Å². The zero-order chi connectivity index (χ0) is 23.0. The number of fused-ring (bicyclic) bond motifs is 3. The highest BCUT2D eigenvalue weighted by Gasteiger charge is 2.31.